The quantitative estimate of drug-likeness (QED) is 0.418. The summed E-state index contributed by atoms with van der Waals surface area (Å²) in [5, 5.41) is 0. The van der Waals surface area contributed by atoms with Crippen molar-refractivity contribution < 1.29 is 23.9 Å². The third-order valence-corrected chi connectivity index (χ3v) is 1.32. The molecule has 0 N–H and O–H groups in total. The van der Waals surface area contributed by atoms with Crippen LogP contribution in [0.15, 0.2) is 12.2 Å². The molecule has 0 radical (unpaired) electrons. The second-order valence-corrected chi connectivity index (χ2v) is 3.18. The topological polar surface area (TPSA) is 69.7 Å². The lowest BCUT2D eigenvalue weighted by atomic mass is 10.3. The van der Waals surface area contributed by atoms with Gasteiger partial charge in [0, 0.05) is 5.57 Å². The van der Waals surface area contributed by atoms with Gasteiger partial charge in [-0.25, -0.2) is 4.79 Å². The summed E-state index contributed by atoms with van der Waals surface area (Å²) < 4.78 is 9.06. The maximum absolute atomic E-state index is 10.4. The highest BCUT2D eigenvalue weighted by molar-refractivity contribution is 5.94. The van der Waals surface area contributed by atoms with Crippen LogP contribution in [0.3, 0.4) is 0 Å². The Hall–Kier alpha value is -1.65. The number of hydrogen-bond acceptors (Lipinski definition) is 5. The fourth-order valence-corrected chi connectivity index (χ4v) is 0.670. The van der Waals surface area contributed by atoms with Gasteiger partial charge in [0.15, 0.2) is 0 Å². The lowest BCUT2D eigenvalue weighted by molar-refractivity contribution is -0.145. The number of Topliss-reactive ketones (excluding diaryl/α,β-unsaturated/α-hetero) is 1. The van der Waals surface area contributed by atoms with Gasteiger partial charge in [0.1, 0.15) is 12.2 Å². The zero-order valence-electron chi connectivity index (χ0n) is 10.9. The highest BCUT2D eigenvalue weighted by Gasteiger charge is 2.03. The Morgan fingerprint density at radius 1 is 1.00 bits per heavy atom. The highest BCUT2D eigenvalue weighted by Crippen LogP contribution is 1.89. The van der Waals surface area contributed by atoms with E-state index in [-0.39, 0.29) is 18.2 Å². The predicted octanol–water partition coefficient (Wildman–Crippen LogP) is 1.65. The average molecular weight is 244 g/mol. The van der Waals surface area contributed by atoms with E-state index in [1.807, 2.05) is 0 Å². The third kappa shape index (κ3) is 14.4. The fourth-order valence-electron chi connectivity index (χ4n) is 0.670. The van der Waals surface area contributed by atoms with Gasteiger partial charge in [-0.2, -0.15) is 0 Å². The van der Waals surface area contributed by atoms with Crippen LogP contribution in [-0.2, 0) is 23.9 Å². The predicted molar refractivity (Wildman–Crippen MR) is 63.4 cm³/mol. The Labute approximate surface area is 102 Å². The maximum atomic E-state index is 10.4. The molecule has 98 valence electrons. The normalized spacial score (nSPS) is 8.47. The molecule has 5 nitrogen and oxygen atoms in total. The number of esters is 2. The van der Waals surface area contributed by atoms with Crippen LogP contribution in [0.5, 0.6) is 0 Å². The molecule has 0 aromatic heterocycles. The first-order valence-electron chi connectivity index (χ1n) is 5.32. The molecule has 0 amide bonds. The van der Waals surface area contributed by atoms with Crippen molar-refractivity contribution in [3.8, 4) is 0 Å². The van der Waals surface area contributed by atoms with Gasteiger partial charge in [0.2, 0.25) is 0 Å². The van der Waals surface area contributed by atoms with Crippen molar-refractivity contribution in [2.24, 2.45) is 0 Å². The SMILES string of the molecule is C=C(C)C(=O)OCC.CCOC(=O)CC(C)=O. The zero-order chi connectivity index (χ0) is 13.8. The van der Waals surface area contributed by atoms with Crippen LogP contribution < -0.4 is 0 Å². The maximum Gasteiger partial charge on any atom is 0.333 e. The largest absolute Gasteiger partial charge is 0.466 e. The van der Waals surface area contributed by atoms with E-state index in [0.717, 1.165) is 0 Å². The molecule has 0 unspecified atom stereocenters. The molecule has 0 bridgehead atoms. The minimum absolute atomic E-state index is 0.103. The smallest absolute Gasteiger partial charge is 0.333 e. The Bertz CT molecular complexity index is 281. The monoisotopic (exact) mass is 244 g/mol. The molecule has 0 aliphatic heterocycles. The zero-order valence-corrected chi connectivity index (χ0v) is 10.9. The van der Waals surface area contributed by atoms with Crippen LogP contribution in [0.25, 0.3) is 0 Å². The summed E-state index contributed by atoms with van der Waals surface area (Å²) in [6.07, 6.45) is -0.103. The lowest BCUT2D eigenvalue weighted by Gasteiger charge is -1.96. The van der Waals surface area contributed by atoms with Gasteiger partial charge in [-0.3, -0.25) is 9.59 Å². The first kappa shape index (κ1) is 17.7. The average Bonchev–Trinajstić information content (AvgIpc) is 2.17. The molecule has 0 spiro atoms. The summed E-state index contributed by atoms with van der Waals surface area (Å²) in [5.74, 6) is -0.911. The number of ether oxygens (including phenoxy) is 2. The van der Waals surface area contributed by atoms with Gasteiger partial charge in [0.25, 0.3) is 0 Å². The second kappa shape index (κ2) is 10.9. The van der Waals surface area contributed by atoms with Crippen LogP contribution in [0.1, 0.15) is 34.1 Å². The van der Waals surface area contributed by atoms with Crippen LogP contribution >= 0.6 is 0 Å². The molecule has 0 saturated heterocycles. The standard InChI is InChI=1S/C6H10O3.C6H10O2/c1-3-9-6(8)4-5(2)7;1-4-8-6(7)5(2)3/h3-4H2,1-2H3;2,4H2,1,3H3. The number of ketones is 1. The highest BCUT2D eigenvalue weighted by atomic mass is 16.5. The Morgan fingerprint density at radius 3 is 1.71 bits per heavy atom. The van der Waals surface area contributed by atoms with Crippen molar-refractivity contribution in [1.29, 1.82) is 0 Å². The second-order valence-electron chi connectivity index (χ2n) is 3.18. The summed E-state index contributed by atoms with van der Waals surface area (Å²) >= 11 is 0. The van der Waals surface area contributed by atoms with Gasteiger partial charge >= 0.3 is 11.9 Å². The molecule has 17 heavy (non-hydrogen) atoms. The van der Waals surface area contributed by atoms with Crippen LogP contribution in [-0.4, -0.2) is 30.9 Å². The van der Waals surface area contributed by atoms with E-state index in [2.05, 4.69) is 16.1 Å². The first-order chi connectivity index (χ1) is 7.84. The van der Waals surface area contributed by atoms with Crippen LogP contribution in [0.2, 0.25) is 0 Å². The molecule has 5 heteroatoms. The van der Waals surface area contributed by atoms with Gasteiger partial charge < -0.3 is 9.47 Å². The molecular weight excluding hydrogens is 224 g/mol. The summed E-state index contributed by atoms with van der Waals surface area (Å²) in [6, 6.07) is 0. The van der Waals surface area contributed by atoms with Crippen molar-refractivity contribution in [3.63, 3.8) is 0 Å². The van der Waals surface area contributed by atoms with E-state index in [0.29, 0.717) is 18.8 Å². The van der Waals surface area contributed by atoms with E-state index in [1.54, 1.807) is 20.8 Å². The lowest BCUT2D eigenvalue weighted by Crippen LogP contribution is -2.07. The molecular formula is C12H20O5. The molecule has 0 fully saturated rings. The number of carbonyl (C=O) groups is 3. The third-order valence-electron chi connectivity index (χ3n) is 1.32. The van der Waals surface area contributed by atoms with Crippen molar-refractivity contribution in [1.82, 2.24) is 0 Å². The van der Waals surface area contributed by atoms with Crippen molar-refractivity contribution >= 4 is 17.7 Å². The number of rotatable bonds is 5. The number of hydrogen-bond donors (Lipinski definition) is 0. The molecule has 0 aromatic carbocycles. The van der Waals surface area contributed by atoms with Crippen molar-refractivity contribution in [3.05, 3.63) is 12.2 Å². The summed E-state index contributed by atoms with van der Waals surface area (Å²) in [5.41, 5.74) is 0.451. The van der Waals surface area contributed by atoms with Gasteiger partial charge in [-0.05, 0) is 27.7 Å². The molecule has 0 aliphatic carbocycles. The van der Waals surface area contributed by atoms with Crippen molar-refractivity contribution in [2.45, 2.75) is 34.1 Å². The van der Waals surface area contributed by atoms with E-state index in [4.69, 9.17) is 0 Å². The molecule has 0 atom stereocenters. The van der Waals surface area contributed by atoms with Gasteiger partial charge in [0.05, 0.1) is 13.2 Å². The Morgan fingerprint density at radius 2 is 1.47 bits per heavy atom. The van der Waals surface area contributed by atoms with Gasteiger partial charge in [-0.15, -0.1) is 0 Å². The molecule has 0 aromatic rings. The van der Waals surface area contributed by atoms with Crippen molar-refractivity contribution in [2.75, 3.05) is 13.2 Å². The first-order valence-corrected chi connectivity index (χ1v) is 5.32. The summed E-state index contributed by atoms with van der Waals surface area (Å²) in [7, 11) is 0. The Kier molecular flexibility index (Phi) is 11.3. The molecule has 0 saturated carbocycles. The van der Waals surface area contributed by atoms with E-state index in [1.165, 1.54) is 6.92 Å². The summed E-state index contributed by atoms with van der Waals surface area (Å²) in [4.78, 5) is 31.1. The molecule has 0 aliphatic rings. The molecule has 0 heterocycles. The van der Waals surface area contributed by atoms with Crippen LogP contribution in [0.4, 0.5) is 0 Å². The number of carbonyl (C=O) groups excluding carboxylic acids is 3. The molecule has 0 rings (SSSR count). The minimum Gasteiger partial charge on any atom is -0.466 e. The van der Waals surface area contributed by atoms with E-state index >= 15 is 0 Å². The van der Waals surface area contributed by atoms with Crippen LogP contribution in [0, 0.1) is 0 Å². The van der Waals surface area contributed by atoms with E-state index in [9.17, 15) is 14.4 Å². The minimum atomic E-state index is -0.440. The van der Waals surface area contributed by atoms with Gasteiger partial charge in [-0.1, -0.05) is 6.58 Å². The van der Waals surface area contributed by atoms with E-state index < -0.39 is 5.97 Å². The Balaban J connectivity index is 0. The fraction of sp³-hybridized carbons (Fsp3) is 0.583. The summed E-state index contributed by atoms with van der Waals surface area (Å²) in [6.45, 7) is 10.6.